The van der Waals surface area contributed by atoms with Gasteiger partial charge in [0.05, 0.1) is 17.3 Å². The maximum atomic E-state index is 12.4. The third kappa shape index (κ3) is 5.47. The minimum Gasteiger partial charge on any atom is -0.449 e. The highest BCUT2D eigenvalue weighted by atomic mass is 16.7. The largest absolute Gasteiger partial charge is 0.494 e. The first-order valence-corrected chi connectivity index (χ1v) is 13.5. The molecule has 204 valence electrons. The Bertz CT molecular complexity index is 1260. The molecule has 39 heavy (non-hydrogen) atoms. The van der Waals surface area contributed by atoms with E-state index in [0.717, 1.165) is 16.6 Å². The van der Waals surface area contributed by atoms with Gasteiger partial charge in [-0.2, -0.15) is 0 Å². The average Bonchev–Trinajstić information content (AvgIpc) is 3.36. The number of fused-ring (bicyclic) bond motifs is 3. The van der Waals surface area contributed by atoms with Gasteiger partial charge in [0, 0.05) is 12.5 Å². The molecule has 1 amide bonds. The SMILES string of the molecule is CC1(C)OB(c2ccc(C(O)C(O)CCNC(=O)OCC3c4ccccc4-c4ccccc43)cc2)OC1(C)C. The highest BCUT2D eigenvalue weighted by Crippen LogP contribution is 2.44. The molecule has 2 atom stereocenters. The van der Waals surface area contributed by atoms with Crippen LogP contribution in [0.4, 0.5) is 4.79 Å². The van der Waals surface area contributed by atoms with E-state index in [1.807, 2.05) is 64.1 Å². The number of alkyl carbamates (subject to hydrolysis) is 1. The fourth-order valence-electron chi connectivity index (χ4n) is 5.18. The summed E-state index contributed by atoms with van der Waals surface area (Å²) in [5.74, 6) is -0.0179. The molecule has 0 spiro atoms. The van der Waals surface area contributed by atoms with E-state index in [2.05, 4.69) is 29.6 Å². The molecule has 2 unspecified atom stereocenters. The number of aliphatic hydroxyl groups is 2. The van der Waals surface area contributed by atoms with Crippen LogP contribution in [0.25, 0.3) is 11.1 Å². The normalized spacial score (nSPS) is 18.8. The lowest BCUT2D eigenvalue weighted by Gasteiger charge is -2.32. The molecule has 3 N–H and O–H groups in total. The predicted molar refractivity (Wildman–Crippen MR) is 151 cm³/mol. The molecule has 3 aromatic rings. The number of carbonyl (C=O) groups is 1. The monoisotopic (exact) mass is 529 g/mol. The van der Waals surface area contributed by atoms with Crippen LogP contribution in [0, 0.1) is 0 Å². The number of hydrogen-bond acceptors (Lipinski definition) is 6. The Labute approximate surface area is 230 Å². The van der Waals surface area contributed by atoms with Crippen molar-refractivity contribution in [1.29, 1.82) is 0 Å². The maximum absolute atomic E-state index is 12.4. The zero-order valence-corrected chi connectivity index (χ0v) is 22.9. The number of carbonyl (C=O) groups excluding carboxylic acids is 1. The summed E-state index contributed by atoms with van der Waals surface area (Å²) in [5.41, 5.74) is 5.17. The van der Waals surface area contributed by atoms with E-state index in [1.165, 1.54) is 11.1 Å². The molecular formula is C31H36BNO6. The van der Waals surface area contributed by atoms with Crippen LogP contribution in [0.5, 0.6) is 0 Å². The smallest absolute Gasteiger partial charge is 0.449 e. The van der Waals surface area contributed by atoms with Gasteiger partial charge in [-0.25, -0.2) is 4.79 Å². The van der Waals surface area contributed by atoms with Gasteiger partial charge >= 0.3 is 13.2 Å². The molecule has 0 aromatic heterocycles. The third-order valence-electron chi connectivity index (χ3n) is 8.22. The maximum Gasteiger partial charge on any atom is 0.494 e. The lowest BCUT2D eigenvalue weighted by molar-refractivity contribution is 0.00578. The zero-order chi connectivity index (χ0) is 27.8. The molecule has 3 aromatic carbocycles. The van der Waals surface area contributed by atoms with Crippen molar-refractivity contribution in [2.24, 2.45) is 0 Å². The second kappa shape index (κ2) is 10.8. The summed E-state index contributed by atoms with van der Waals surface area (Å²) >= 11 is 0. The van der Waals surface area contributed by atoms with Gasteiger partial charge in [-0.3, -0.25) is 0 Å². The number of nitrogens with one attached hydrogen (secondary N) is 1. The molecule has 1 saturated heterocycles. The van der Waals surface area contributed by atoms with E-state index in [-0.39, 0.29) is 25.5 Å². The summed E-state index contributed by atoms with van der Waals surface area (Å²) in [6, 6.07) is 23.5. The second-order valence-electron chi connectivity index (χ2n) is 11.3. The molecule has 1 fully saturated rings. The zero-order valence-electron chi connectivity index (χ0n) is 22.9. The third-order valence-corrected chi connectivity index (χ3v) is 8.22. The molecule has 7 nitrogen and oxygen atoms in total. The van der Waals surface area contributed by atoms with Crippen LogP contribution in [0.15, 0.2) is 72.8 Å². The van der Waals surface area contributed by atoms with Crippen LogP contribution in [0.1, 0.15) is 62.8 Å². The van der Waals surface area contributed by atoms with Crippen molar-refractivity contribution in [3.05, 3.63) is 89.5 Å². The molecule has 1 heterocycles. The minimum atomic E-state index is -1.10. The summed E-state index contributed by atoms with van der Waals surface area (Å²) in [7, 11) is -0.493. The number of amides is 1. The standard InChI is InChI=1S/C31H36BNO6/c1-30(2)31(3,4)39-32(38-30)21-15-13-20(14-16-21)28(35)27(34)17-18-33-29(36)37-19-26-24-11-7-5-9-22(24)23-10-6-8-12-25(23)26/h5-16,26-28,34-35H,17-19H2,1-4H3,(H,33,36). The average molecular weight is 529 g/mol. The van der Waals surface area contributed by atoms with Gasteiger partial charge in [0.15, 0.2) is 0 Å². The Morgan fingerprint density at radius 2 is 1.44 bits per heavy atom. The Morgan fingerprint density at radius 3 is 2.00 bits per heavy atom. The highest BCUT2D eigenvalue weighted by molar-refractivity contribution is 6.62. The summed E-state index contributed by atoms with van der Waals surface area (Å²) < 4.78 is 17.7. The van der Waals surface area contributed by atoms with Gasteiger partial charge in [-0.1, -0.05) is 72.8 Å². The van der Waals surface area contributed by atoms with Crippen LogP contribution in [0.2, 0.25) is 0 Å². The minimum absolute atomic E-state index is 0.0179. The fraction of sp³-hybridized carbons (Fsp3) is 0.387. The van der Waals surface area contributed by atoms with Crippen molar-refractivity contribution >= 4 is 18.7 Å². The van der Waals surface area contributed by atoms with Crippen molar-refractivity contribution in [3.63, 3.8) is 0 Å². The van der Waals surface area contributed by atoms with Crippen LogP contribution in [0.3, 0.4) is 0 Å². The molecule has 1 aliphatic heterocycles. The summed E-state index contributed by atoms with van der Waals surface area (Å²) in [6.07, 6.45) is -2.53. The van der Waals surface area contributed by atoms with Gasteiger partial charge < -0.3 is 29.6 Å². The molecule has 2 aliphatic rings. The number of aliphatic hydroxyl groups excluding tert-OH is 2. The van der Waals surface area contributed by atoms with Crippen molar-refractivity contribution in [1.82, 2.24) is 5.32 Å². The van der Waals surface area contributed by atoms with E-state index in [1.54, 1.807) is 12.1 Å². The van der Waals surface area contributed by atoms with Crippen LogP contribution < -0.4 is 10.8 Å². The topological polar surface area (TPSA) is 97.2 Å². The van der Waals surface area contributed by atoms with Gasteiger partial charge in [0.2, 0.25) is 0 Å². The van der Waals surface area contributed by atoms with Gasteiger partial charge in [-0.05, 0) is 67.4 Å². The molecule has 5 rings (SSSR count). The molecule has 0 bridgehead atoms. The van der Waals surface area contributed by atoms with E-state index < -0.39 is 36.6 Å². The second-order valence-corrected chi connectivity index (χ2v) is 11.3. The van der Waals surface area contributed by atoms with Gasteiger partial charge in [-0.15, -0.1) is 0 Å². The Hall–Kier alpha value is -3.17. The predicted octanol–water partition coefficient (Wildman–Crippen LogP) is 4.31. The number of hydrogen-bond donors (Lipinski definition) is 3. The summed E-state index contributed by atoms with van der Waals surface area (Å²) in [6.45, 7) is 8.38. The van der Waals surface area contributed by atoms with E-state index in [9.17, 15) is 15.0 Å². The van der Waals surface area contributed by atoms with Crippen LogP contribution in [-0.4, -0.2) is 53.9 Å². The fourth-order valence-corrected chi connectivity index (χ4v) is 5.18. The molecule has 1 aliphatic carbocycles. The Morgan fingerprint density at radius 1 is 0.897 bits per heavy atom. The van der Waals surface area contributed by atoms with Crippen LogP contribution >= 0.6 is 0 Å². The number of benzene rings is 3. The van der Waals surface area contributed by atoms with Gasteiger partial charge in [0.1, 0.15) is 12.7 Å². The number of rotatable bonds is 8. The van der Waals surface area contributed by atoms with Crippen LogP contribution in [-0.2, 0) is 14.0 Å². The van der Waals surface area contributed by atoms with Crippen molar-refractivity contribution in [3.8, 4) is 11.1 Å². The summed E-state index contributed by atoms with van der Waals surface area (Å²) in [5, 5.41) is 23.9. The van der Waals surface area contributed by atoms with Gasteiger partial charge in [0.25, 0.3) is 0 Å². The van der Waals surface area contributed by atoms with E-state index >= 15 is 0 Å². The van der Waals surface area contributed by atoms with Crippen molar-refractivity contribution < 1.29 is 29.1 Å². The lowest BCUT2D eigenvalue weighted by Crippen LogP contribution is -2.41. The lowest BCUT2D eigenvalue weighted by atomic mass is 9.78. The first kappa shape index (κ1) is 27.4. The van der Waals surface area contributed by atoms with E-state index in [4.69, 9.17) is 14.0 Å². The molecule has 0 saturated carbocycles. The quantitative estimate of drug-likeness (QED) is 0.377. The van der Waals surface area contributed by atoms with Crippen molar-refractivity contribution in [2.75, 3.05) is 13.2 Å². The Balaban J connectivity index is 1.09. The Kier molecular flexibility index (Phi) is 7.57. The molecule has 0 radical (unpaired) electrons. The first-order valence-electron chi connectivity index (χ1n) is 13.5. The molecular weight excluding hydrogens is 493 g/mol. The summed E-state index contributed by atoms with van der Waals surface area (Å²) in [4.78, 5) is 12.4. The first-order chi connectivity index (χ1) is 18.6. The molecule has 8 heteroatoms. The number of ether oxygens (including phenoxy) is 1. The highest BCUT2D eigenvalue weighted by Gasteiger charge is 2.51. The van der Waals surface area contributed by atoms with Crippen molar-refractivity contribution in [2.45, 2.75) is 63.4 Å². The van der Waals surface area contributed by atoms with E-state index in [0.29, 0.717) is 5.56 Å².